The Labute approximate surface area is 172 Å². The van der Waals surface area contributed by atoms with Crippen molar-refractivity contribution in [3.05, 3.63) is 53.0 Å². The second kappa shape index (κ2) is 7.67. The molecule has 0 unspecified atom stereocenters. The second-order valence-electron chi connectivity index (χ2n) is 9.00. The molecule has 1 saturated heterocycles. The number of anilines is 1. The summed E-state index contributed by atoms with van der Waals surface area (Å²) >= 11 is 0. The molecule has 1 aliphatic heterocycles. The van der Waals surface area contributed by atoms with Crippen LogP contribution in [0, 0.1) is 12.3 Å². The largest absolute Gasteiger partial charge is 0.455 e. The Morgan fingerprint density at radius 3 is 2.48 bits per heavy atom. The van der Waals surface area contributed by atoms with E-state index in [2.05, 4.69) is 31.2 Å². The van der Waals surface area contributed by atoms with E-state index < -0.39 is 0 Å². The van der Waals surface area contributed by atoms with E-state index >= 15 is 0 Å². The molecule has 1 amide bonds. The molecule has 1 fully saturated rings. The van der Waals surface area contributed by atoms with E-state index in [1.165, 1.54) is 0 Å². The number of fused-ring (bicyclic) bond motifs is 1. The number of hydrogen-bond donors (Lipinski definition) is 1. The third-order valence-corrected chi connectivity index (χ3v) is 5.87. The molecule has 0 saturated carbocycles. The van der Waals surface area contributed by atoms with Crippen molar-refractivity contribution < 1.29 is 9.21 Å². The van der Waals surface area contributed by atoms with Crippen LogP contribution >= 0.6 is 0 Å². The molecule has 1 N–H and O–H groups in total. The lowest BCUT2D eigenvalue weighted by atomic mass is 9.75. The first-order chi connectivity index (χ1) is 13.8. The molecule has 0 bridgehead atoms. The number of benzene rings is 1. The van der Waals surface area contributed by atoms with Crippen LogP contribution in [0.2, 0.25) is 0 Å². The van der Waals surface area contributed by atoms with Crippen LogP contribution < -0.4 is 5.43 Å². The number of amides is 1. The molecule has 0 spiro atoms. The number of carbonyl (C=O) groups is 1. The predicted octanol–water partition coefficient (Wildman–Crippen LogP) is 3.76. The van der Waals surface area contributed by atoms with E-state index in [1.54, 1.807) is 0 Å². The molecule has 4 rings (SSSR count). The number of likely N-dealkylation sites (N-methyl/N-ethyl adjacent to an activating group) is 1. The SMILES string of the molecule is Cc1c(C(=O)N2CCN(C)CC2)oc2c1/C(=N\Nc1ccccc1)CC(C)(C)C2. The zero-order chi connectivity index (χ0) is 20.6. The monoisotopic (exact) mass is 394 g/mol. The first kappa shape index (κ1) is 19.7. The number of nitrogens with zero attached hydrogens (tertiary/aromatic N) is 3. The Kier molecular flexibility index (Phi) is 5.21. The summed E-state index contributed by atoms with van der Waals surface area (Å²) in [6.07, 6.45) is 1.64. The zero-order valence-electron chi connectivity index (χ0n) is 17.8. The minimum Gasteiger partial charge on any atom is -0.455 e. The average Bonchev–Trinajstić information content (AvgIpc) is 3.02. The van der Waals surface area contributed by atoms with Crippen molar-refractivity contribution in [3.8, 4) is 0 Å². The van der Waals surface area contributed by atoms with Crippen LogP contribution in [-0.2, 0) is 6.42 Å². The van der Waals surface area contributed by atoms with Gasteiger partial charge >= 0.3 is 0 Å². The molecule has 1 aromatic carbocycles. The van der Waals surface area contributed by atoms with Gasteiger partial charge in [-0.05, 0) is 37.9 Å². The number of hydrogen-bond acceptors (Lipinski definition) is 5. The van der Waals surface area contributed by atoms with E-state index in [4.69, 9.17) is 9.52 Å². The fraction of sp³-hybridized carbons (Fsp3) is 0.478. The van der Waals surface area contributed by atoms with Crippen molar-refractivity contribution in [2.45, 2.75) is 33.6 Å². The summed E-state index contributed by atoms with van der Waals surface area (Å²) in [6.45, 7) is 9.69. The van der Waals surface area contributed by atoms with Gasteiger partial charge in [-0.3, -0.25) is 10.2 Å². The lowest BCUT2D eigenvalue weighted by Gasteiger charge is -2.31. The highest BCUT2D eigenvalue weighted by Crippen LogP contribution is 2.39. The van der Waals surface area contributed by atoms with Crippen molar-refractivity contribution in [1.82, 2.24) is 9.80 Å². The molecular weight excluding hydrogens is 364 g/mol. The van der Waals surface area contributed by atoms with Gasteiger partial charge in [0.05, 0.1) is 11.4 Å². The van der Waals surface area contributed by atoms with Gasteiger partial charge < -0.3 is 14.2 Å². The Balaban J connectivity index is 1.66. The molecule has 0 radical (unpaired) electrons. The molecule has 2 aliphatic rings. The summed E-state index contributed by atoms with van der Waals surface area (Å²) in [5.74, 6) is 1.35. The number of hydrazone groups is 1. The third kappa shape index (κ3) is 4.08. The van der Waals surface area contributed by atoms with Crippen LogP contribution in [-0.4, -0.2) is 54.6 Å². The predicted molar refractivity (Wildman–Crippen MR) is 116 cm³/mol. The molecule has 0 atom stereocenters. The van der Waals surface area contributed by atoms with Crippen molar-refractivity contribution in [1.29, 1.82) is 0 Å². The normalized spacial score (nSPS) is 20.6. The maximum absolute atomic E-state index is 13.2. The summed E-state index contributed by atoms with van der Waals surface area (Å²) in [6, 6.07) is 9.92. The molecule has 2 heterocycles. The van der Waals surface area contributed by atoms with Gasteiger partial charge in [-0.2, -0.15) is 5.10 Å². The number of rotatable bonds is 3. The van der Waals surface area contributed by atoms with E-state index in [9.17, 15) is 4.79 Å². The summed E-state index contributed by atoms with van der Waals surface area (Å²) in [5, 5.41) is 4.72. The number of carbonyl (C=O) groups excluding carboxylic acids is 1. The van der Waals surface area contributed by atoms with Crippen LogP contribution in [0.1, 0.15) is 47.7 Å². The van der Waals surface area contributed by atoms with Crippen molar-refractivity contribution in [2.75, 3.05) is 38.7 Å². The van der Waals surface area contributed by atoms with Crippen LogP contribution in [0.3, 0.4) is 0 Å². The minimum absolute atomic E-state index is 0.00169. The first-order valence-corrected chi connectivity index (χ1v) is 10.3. The number of piperazine rings is 1. The van der Waals surface area contributed by atoms with Crippen LogP contribution in [0.5, 0.6) is 0 Å². The van der Waals surface area contributed by atoms with Gasteiger partial charge in [0.2, 0.25) is 0 Å². The molecule has 154 valence electrons. The van der Waals surface area contributed by atoms with Gasteiger partial charge in [-0.1, -0.05) is 32.0 Å². The lowest BCUT2D eigenvalue weighted by Crippen LogP contribution is -2.47. The Hall–Kier alpha value is -2.60. The zero-order valence-corrected chi connectivity index (χ0v) is 17.8. The summed E-state index contributed by atoms with van der Waals surface area (Å²) in [5.41, 5.74) is 7.02. The maximum atomic E-state index is 13.2. The summed E-state index contributed by atoms with van der Waals surface area (Å²) in [4.78, 5) is 17.3. The maximum Gasteiger partial charge on any atom is 0.289 e. The van der Waals surface area contributed by atoms with E-state index in [0.29, 0.717) is 5.76 Å². The first-order valence-electron chi connectivity index (χ1n) is 10.3. The Morgan fingerprint density at radius 2 is 1.79 bits per heavy atom. The van der Waals surface area contributed by atoms with E-state index in [0.717, 1.165) is 67.3 Å². The van der Waals surface area contributed by atoms with Crippen LogP contribution in [0.4, 0.5) is 5.69 Å². The van der Waals surface area contributed by atoms with E-state index in [-0.39, 0.29) is 11.3 Å². The molecular formula is C23H30N4O2. The van der Waals surface area contributed by atoms with Crippen LogP contribution in [0.15, 0.2) is 39.9 Å². The smallest absolute Gasteiger partial charge is 0.289 e. The topological polar surface area (TPSA) is 61.1 Å². The van der Waals surface area contributed by atoms with Crippen molar-refractivity contribution in [3.63, 3.8) is 0 Å². The van der Waals surface area contributed by atoms with E-state index in [1.807, 2.05) is 42.2 Å². The lowest BCUT2D eigenvalue weighted by molar-refractivity contribution is 0.0628. The number of furan rings is 1. The van der Waals surface area contributed by atoms with Gasteiger partial charge in [0.1, 0.15) is 5.76 Å². The van der Waals surface area contributed by atoms with Crippen molar-refractivity contribution >= 4 is 17.3 Å². The molecule has 6 nitrogen and oxygen atoms in total. The van der Waals surface area contributed by atoms with Gasteiger partial charge in [-0.25, -0.2) is 0 Å². The molecule has 29 heavy (non-hydrogen) atoms. The molecule has 1 aromatic heterocycles. The molecule has 6 heteroatoms. The van der Waals surface area contributed by atoms with Crippen LogP contribution in [0.25, 0.3) is 0 Å². The molecule has 2 aromatic rings. The average molecular weight is 395 g/mol. The molecule has 1 aliphatic carbocycles. The Morgan fingerprint density at radius 1 is 1.10 bits per heavy atom. The summed E-state index contributed by atoms with van der Waals surface area (Å²) in [7, 11) is 2.09. The third-order valence-electron chi connectivity index (χ3n) is 5.87. The highest BCUT2D eigenvalue weighted by atomic mass is 16.4. The highest BCUT2D eigenvalue weighted by Gasteiger charge is 2.37. The van der Waals surface area contributed by atoms with Crippen molar-refractivity contribution in [2.24, 2.45) is 10.5 Å². The highest BCUT2D eigenvalue weighted by molar-refractivity contribution is 6.07. The fourth-order valence-corrected chi connectivity index (χ4v) is 4.21. The number of nitrogens with one attached hydrogen (secondary N) is 1. The Bertz CT molecular complexity index is 922. The second-order valence-corrected chi connectivity index (χ2v) is 9.00. The van der Waals surface area contributed by atoms with Gasteiger partial charge in [0.25, 0.3) is 5.91 Å². The quantitative estimate of drug-likeness (QED) is 0.805. The van der Waals surface area contributed by atoms with Gasteiger partial charge in [-0.15, -0.1) is 0 Å². The fourth-order valence-electron chi connectivity index (χ4n) is 4.21. The summed E-state index contributed by atoms with van der Waals surface area (Å²) < 4.78 is 6.18. The minimum atomic E-state index is -0.00169. The number of para-hydroxylation sites is 1. The van der Waals surface area contributed by atoms with Gasteiger partial charge in [0, 0.05) is 43.7 Å². The standard InChI is InChI=1S/C23H30N4O2/c1-16-20-18(25-24-17-8-6-5-7-9-17)14-23(2,3)15-19(20)29-21(16)22(28)27-12-10-26(4)11-13-27/h5-9,24H,10-15H2,1-4H3/b25-18-. The van der Waals surface area contributed by atoms with Gasteiger partial charge in [0.15, 0.2) is 5.76 Å².